The van der Waals surface area contributed by atoms with E-state index in [9.17, 15) is 9.59 Å². The molecule has 0 aromatic rings. The van der Waals surface area contributed by atoms with E-state index >= 15 is 0 Å². The summed E-state index contributed by atoms with van der Waals surface area (Å²) in [5, 5.41) is 2.86. The number of ketones is 1. The molecular formula is C17H29NO3. The van der Waals surface area contributed by atoms with Crippen molar-refractivity contribution in [1.29, 1.82) is 0 Å². The Kier molecular flexibility index (Phi) is 4.64. The highest BCUT2D eigenvalue weighted by molar-refractivity contribution is 5.83. The third kappa shape index (κ3) is 4.21. The molecule has 0 bridgehead atoms. The fourth-order valence-corrected chi connectivity index (χ4v) is 3.88. The maximum Gasteiger partial charge on any atom is 0.407 e. The summed E-state index contributed by atoms with van der Waals surface area (Å²) in [5.74, 6) is 0.250. The van der Waals surface area contributed by atoms with E-state index in [1.165, 1.54) is 25.7 Å². The number of amides is 1. The molecule has 2 atom stereocenters. The number of alkyl carbamates (subject to hydrolysis) is 1. The molecule has 2 fully saturated rings. The SMILES string of the molecule is CC(NC(=O)OC(C)(C)C)C1CC2(CCCC2)CCC1=O. The zero-order chi connectivity index (χ0) is 15.7. The molecule has 2 saturated carbocycles. The molecule has 0 aromatic carbocycles. The standard InChI is InChI=1S/C17H29NO3/c1-12(18-15(20)21-16(2,3)4)13-11-17(8-5-6-9-17)10-7-14(13)19/h12-13H,5-11H2,1-4H3,(H,18,20). The summed E-state index contributed by atoms with van der Waals surface area (Å²) in [6.45, 7) is 7.46. The minimum atomic E-state index is -0.507. The first-order chi connectivity index (χ1) is 9.71. The smallest absolute Gasteiger partial charge is 0.407 e. The van der Waals surface area contributed by atoms with Gasteiger partial charge in [-0.1, -0.05) is 12.8 Å². The van der Waals surface area contributed by atoms with E-state index in [-0.39, 0.29) is 12.0 Å². The molecule has 2 aliphatic carbocycles. The van der Waals surface area contributed by atoms with E-state index in [0.29, 0.717) is 17.6 Å². The van der Waals surface area contributed by atoms with Gasteiger partial charge in [0.2, 0.25) is 0 Å². The fourth-order valence-electron chi connectivity index (χ4n) is 3.88. The summed E-state index contributed by atoms with van der Waals surface area (Å²) in [6, 6.07) is -0.148. The van der Waals surface area contributed by atoms with Crippen LogP contribution in [0.2, 0.25) is 0 Å². The molecular weight excluding hydrogens is 266 g/mol. The van der Waals surface area contributed by atoms with E-state index < -0.39 is 11.7 Å². The van der Waals surface area contributed by atoms with Gasteiger partial charge in [0.25, 0.3) is 0 Å². The van der Waals surface area contributed by atoms with Crippen molar-refractivity contribution < 1.29 is 14.3 Å². The molecule has 0 radical (unpaired) electrons. The highest BCUT2D eigenvalue weighted by atomic mass is 16.6. The molecule has 120 valence electrons. The van der Waals surface area contributed by atoms with Crippen LogP contribution in [0.25, 0.3) is 0 Å². The summed E-state index contributed by atoms with van der Waals surface area (Å²) in [4.78, 5) is 24.1. The molecule has 1 N–H and O–H groups in total. The van der Waals surface area contributed by atoms with Gasteiger partial charge in [-0.25, -0.2) is 4.79 Å². The van der Waals surface area contributed by atoms with Crippen LogP contribution in [0.4, 0.5) is 4.79 Å². The molecule has 4 nitrogen and oxygen atoms in total. The molecule has 0 heterocycles. The van der Waals surface area contributed by atoms with E-state index in [2.05, 4.69) is 5.32 Å². The van der Waals surface area contributed by atoms with Crippen molar-refractivity contribution in [2.75, 3.05) is 0 Å². The van der Waals surface area contributed by atoms with Gasteiger partial charge in [0.05, 0.1) is 0 Å². The van der Waals surface area contributed by atoms with Crippen LogP contribution >= 0.6 is 0 Å². The van der Waals surface area contributed by atoms with E-state index in [1.54, 1.807) is 0 Å². The highest BCUT2D eigenvalue weighted by Gasteiger charge is 2.43. The van der Waals surface area contributed by atoms with Crippen molar-refractivity contribution in [3.05, 3.63) is 0 Å². The Balaban J connectivity index is 1.95. The molecule has 21 heavy (non-hydrogen) atoms. The van der Waals surface area contributed by atoms with Gasteiger partial charge in [0.1, 0.15) is 11.4 Å². The zero-order valence-electron chi connectivity index (χ0n) is 13.8. The monoisotopic (exact) mass is 295 g/mol. The number of carbonyl (C=O) groups excluding carboxylic acids is 2. The topological polar surface area (TPSA) is 55.4 Å². The molecule has 1 amide bonds. The Bertz CT molecular complexity index is 405. The second kappa shape index (κ2) is 5.98. The molecule has 0 saturated heterocycles. The van der Waals surface area contributed by atoms with Gasteiger partial charge in [0, 0.05) is 18.4 Å². The lowest BCUT2D eigenvalue weighted by Gasteiger charge is -2.39. The summed E-state index contributed by atoms with van der Waals surface area (Å²) in [7, 11) is 0. The minimum Gasteiger partial charge on any atom is -0.444 e. The highest BCUT2D eigenvalue weighted by Crippen LogP contribution is 2.50. The van der Waals surface area contributed by atoms with E-state index in [1.807, 2.05) is 27.7 Å². The molecule has 0 aromatic heterocycles. The Morgan fingerprint density at radius 2 is 1.90 bits per heavy atom. The summed E-state index contributed by atoms with van der Waals surface area (Å²) in [6.07, 6.45) is 7.29. The fraction of sp³-hybridized carbons (Fsp3) is 0.882. The number of carbonyl (C=O) groups is 2. The predicted octanol–water partition coefficient (Wildman–Crippen LogP) is 3.83. The van der Waals surface area contributed by atoms with Crippen LogP contribution in [-0.4, -0.2) is 23.5 Å². The number of hydrogen-bond acceptors (Lipinski definition) is 3. The number of ether oxygens (including phenoxy) is 1. The quantitative estimate of drug-likeness (QED) is 0.842. The lowest BCUT2D eigenvalue weighted by molar-refractivity contribution is -0.128. The van der Waals surface area contributed by atoms with Crippen molar-refractivity contribution in [1.82, 2.24) is 5.32 Å². The molecule has 2 aliphatic rings. The van der Waals surface area contributed by atoms with Gasteiger partial charge in [-0.2, -0.15) is 0 Å². The second-order valence-corrected chi connectivity index (χ2v) is 7.92. The van der Waals surface area contributed by atoms with Gasteiger partial charge < -0.3 is 10.1 Å². The first-order valence-corrected chi connectivity index (χ1v) is 8.23. The van der Waals surface area contributed by atoms with E-state index in [0.717, 1.165) is 12.8 Å². The van der Waals surface area contributed by atoms with Crippen molar-refractivity contribution in [2.45, 2.75) is 84.3 Å². The average molecular weight is 295 g/mol. The first kappa shape index (κ1) is 16.3. The minimum absolute atomic E-state index is 0.0515. The first-order valence-electron chi connectivity index (χ1n) is 8.23. The van der Waals surface area contributed by atoms with Crippen molar-refractivity contribution in [3.8, 4) is 0 Å². The molecule has 4 heteroatoms. The number of nitrogens with one attached hydrogen (secondary N) is 1. The number of Topliss-reactive ketones (excluding diaryl/α,β-unsaturated/α-hetero) is 1. The van der Waals surface area contributed by atoms with Crippen molar-refractivity contribution in [2.24, 2.45) is 11.3 Å². The maximum absolute atomic E-state index is 12.3. The van der Waals surface area contributed by atoms with Crippen LogP contribution in [-0.2, 0) is 9.53 Å². The van der Waals surface area contributed by atoms with Gasteiger partial charge in [-0.3, -0.25) is 4.79 Å². The van der Waals surface area contributed by atoms with Crippen LogP contribution < -0.4 is 5.32 Å². The summed E-state index contributed by atoms with van der Waals surface area (Å²) >= 11 is 0. The average Bonchev–Trinajstić information content (AvgIpc) is 2.78. The number of rotatable bonds is 2. The second-order valence-electron chi connectivity index (χ2n) is 7.92. The van der Waals surface area contributed by atoms with Crippen LogP contribution in [0.1, 0.15) is 72.6 Å². The van der Waals surface area contributed by atoms with Gasteiger partial charge >= 0.3 is 6.09 Å². The van der Waals surface area contributed by atoms with Crippen molar-refractivity contribution >= 4 is 11.9 Å². The predicted molar refractivity (Wildman–Crippen MR) is 82.1 cm³/mol. The molecule has 2 unspecified atom stereocenters. The zero-order valence-corrected chi connectivity index (χ0v) is 13.8. The molecule has 2 rings (SSSR count). The van der Waals surface area contributed by atoms with Crippen LogP contribution in [0.5, 0.6) is 0 Å². The molecule has 1 spiro atoms. The third-order valence-corrected chi connectivity index (χ3v) is 4.98. The van der Waals surface area contributed by atoms with Crippen LogP contribution in [0, 0.1) is 11.3 Å². The summed E-state index contributed by atoms with van der Waals surface area (Å²) in [5.41, 5.74) is -0.143. The lowest BCUT2D eigenvalue weighted by Crippen LogP contribution is -2.47. The van der Waals surface area contributed by atoms with Crippen LogP contribution in [0.3, 0.4) is 0 Å². The Morgan fingerprint density at radius 1 is 1.29 bits per heavy atom. The van der Waals surface area contributed by atoms with Gasteiger partial charge in [-0.05, 0) is 58.8 Å². The van der Waals surface area contributed by atoms with Gasteiger partial charge in [0.15, 0.2) is 0 Å². The number of hydrogen-bond donors (Lipinski definition) is 1. The largest absolute Gasteiger partial charge is 0.444 e. The lowest BCUT2D eigenvalue weighted by atomic mass is 9.66. The normalized spacial score (nSPS) is 26.7. The van der Waals surface area contributed by atoms with Crippen molar-refractivity contribution in [3.63, 3.8) is 0 Å². The Labute approximate surface area is 128 Å². The molecule has 0 aliphatic heterocycles. The Morgan fingerprint density at radius 3 is 2.48 bits per heavy atom. The third-order valence-electron chi connectivity index (χ3n) is 4.98. The van der Waals surface area contributed by atoms with E-state index in [4.69, 9.17) is 4.74 Å². The Hall–Kier alpha value is -1.06. The van der Waals surface area contributed by atoms with Crippen LogP contribution in [0.15, 0.2) is 0 Å². The van der Waals surface area contributed by atoms with Gasteiger partial charge in [-0.15, -0.1) is 0 Å². The maximum atomic E-state index is 12.3. The summed E-state index contributed by atoms with van der Waals surface area (Å²) < 4.78 is 5.29.